The number of hydrogen-bond donors (Lipinski definition) is 1. The highest BCUT2D eigenvalue weighted by Gasteiger charge is 2.45. The summed E-state index contributed by atoms with van der Waals surface area (Å²) in [5.74, 6) is 0.140. The van der Waals surface area contributed by atoms with Gasteiger partial charge in [0.25, 0.3) is 0 Å². The zero-order valence-corrected chi connectivity index (χ0v) is 12.7. The Hall–Kier alpha value is -1.64. The van der Waals surface area contributed by atoms with Crippen molar-refractivity contribution >= 4 is 0 Å². The van der Waals surface area contributed by atoms with Crippen LogP contribution in [0.4, 0.5) is 0 Å². The van der Waals surface area contributed by atoms with Gasteiger partial charge in [-0.05, 0) is 24.6 Å². The summed E-state index contributed by atoms with van der Waals surface area (Å²) in [6.07, 6.45) is 0.776. The fraction of sp³-hybridized carbons (Fsp3) is 0.368. The monoisotopic (exact) mass is 281 g/mol. The third-order valence-corrected chi connectivity index (χ3v) is 4.96. The molecule has 2 nitrogen and oxygen atoms in total. The van der Waals surface area contributed by atoms with Crippen LogP contribution in [0.5, 0.6) is 0 Å². The smallest absolute Gasteiger partial charge is 0.0952 e. The van der Waals surface area contributed by atoms with Crippen LogP contribution < -0.4 is 0 Å². The van der Waals surface area contributed by atoms with E-state index in [2.05, 4.69) is 43.1 Å². The van der Waals surface area contributed by atoms with E-state index in [4.69, 9.17) is 0 Å². The summed E-state index contributed by atoms with van der Waals surface area (Å²) in [5, 5.41) is 11.3. The van der Waals surface area contributed by atoms with Crippen molar-refractivity contribution in [2.75, 3.05) is 13.6 Å². The van der Waals surface area contributed by atoms with Gasteiger partial charge in [0.1, 0.15) is 0 Å². The normalized spacial score (nSPS) is 30.2. The number of nitrogens with zero attached hydrogens (tertiary/aromatic N) is 1. The van der Waals surface area contributed by atoms with Crippen LogP contribution in [-0.2, 0) is 5.60 Å². The highest BCUT2D eigenvalue weighted by atomic mass is 16.3. The highest BCUT2D eigenvalue weighted by molar-refractivity contribution is 5.28. The van der Waals surface area contributed by atoms with Crippen molar-refractivity contribution in [3.05, 3.63) is 71.8 Å². The van der Waals surface area contributed by atoms with Crippen molar-refractivity contribution in [3.63, 3.8) is 0 Å². The van der Waals surface area contributed by atoms with Crippen LogP contribution in [0.3, 0.4) is 0 Å². The van der Waals surface area contributed by atoms with Crippen molar-refractivity contribution in [2.45, 2.75) is 25.0 Å². The number of likely N-dealkylation sites (tertiary alicyclic amines) is 1. The molecule has 21 heavy (non-hydrogen) atoms. The van der Waals surface area contributed by atoms with Gasteiger partial charge in [-0.15, -0.1) is 0 Å². The summed E-state index contributed by atoms with van der Waals surface area (Å²) in [7, 11) is 2.15. The lowest BCUT2D eigenvalue weighted by molar-refractivity contribution is -0.0952. The van der Waals surface area contributed by atoms with Crippen molar-refractivity contribution in [3.8, 4) is 0 Å². The molecule has 1 aliphatic heterocycles. The number of benzene rings is 2. The minimum absolute atomic E-state index is 0.140. The first-order valence-electron chi connectivity index (χ1n) is 7.66. The van der Waals surface area contributed by atoms with Gasteiger partial charge < -0.3 is 5.11 Å². The second kappa shape index (κ2) is 5.63. The molecule has 1 aliphatic rings. The molecule has 0 spiro atoms. The predicted octanol–water partition coefficient (Wildman–Crippen LogP) is 3.59. The standard InChI is InChI=1S/C19H23NO/c1-15-18(16-9-5-3-6-10-16)20(2)14-13-19(15,21)17-11-7-4-8-12-17/h3-12,15,18,21H,13-14H2,1-2H3. The van der Waals surface area contributed by atoms with Gasteiger partial charge in [0.2, 0.25) is 0 Å². The third kappa shape index (κ3) is 2.50. The van der Waals surface area contributed by atoms with Gasteiger partial charge in [-0.2, -0.15) is 0 Å². The zero-order chi connectivity index (χ0) is 14.9. The van der Waals surface area contributed by atoms with Crippen LogP contribution in [0.1, 0.15) is 30.5 Å². The zero-order valence-electron chi connectivity index (χ0n) is 12.7. The van der Waals surface area contributed by atoms with E-state index in [9.17, 15) is 5.11 Å². The van der Waals surface area contributed by atoms with Crippen molar-refractivity contribution in [1.82, 2.24) is 4.90 Å². The first-order valence-corrected chi connectivity index (χ1v) is 7.66. The maximum atomic E-state index is 11.3. The Balaban J connectivity index is 1.99. The lowest BCUT2D eigenvalue weighted by Crippen LogP contribution is -2.49. The molecule has 2 heteroatoms. The molecule has 110 valence electrons. The van der Waals surface area contributed by atoms with E-state index in [0.29, 0.717) is 0 Å². The van der Waals surface area contributed by atoms with E-state index in [1.807, 2.05) is 36.4 Å². The van der Waals surface area contributed by atoms with Gasteiger partial charge in [0, 0.05) is 18.5 Å². The summed E-state index contributed by atoms with van der Waals surface area (Å²) in [6.45, 7) is 3.07. The summed E-state index contributed by atoms with van der Waals surface area (Å²) >= 11 is 0. The first kappa shape index (κ1) is 14.3. The number of piperidine rings is 1. The second-order valence-corrected chi connectivity index (χ2v) is 6.17. The van der Waals surface area contributed by atoms with Crippen LogP contribution in [0.25, 0.3) is 0 Å². The Kier molecular flexibility index (Phi) is 3.83. The molecule has 0 bridgehead atoms. The summed E-state index contributed by atoms with van der Waals surface area (Å²) < 4.78 is 0. The summed E-state index contributed by atoms with van der Waals surface area (Å²) in [4.78, 5) is 2.36. The van der Waals surface area contributed by atoms with Gasteiger partial charge in [0.05, 0.1) is 5.60 Å². The van der Waals surface area contributed by atoms with Crippen molar-refractivity contribution < 1.29 is 5.11 Å². The Morgan fingerprint density at radius 3 is 2.19 bits per heavy atom. The molecule has 3 unspecified atom stereocenters. The van der Waals surface area contributed by atoms with Gasteiger partial charge in [-0.3, -0.25) is 4.90 Å². The topological polar surface area (TPSA) is 23.5 Å². The molecular formula is C19H23NO. The Bertz CT molecular complexity index is 583. The van der Waals surface area contributed by atoms with Crippen LogP contribution in [-0.4, -0.2) is 23.6 Å². The van der Waals surface area contributed by atoms with Crippen LogP contribution >= 0.6 is 0 Å². The molecule has 1 heterocycles. The Morgan fingerprint density at radius 2 is 1.57 bits per heavy atom. The third-order valence-electron chi connectivity index (χ3n) is 4.96. The summed E-state index contributed by atoms with van der Waals surface area (Å²) in [6, 6.07) is 20.9. The molecule has 2 aromatic rings. The van der Waals surface area contributed by atoms with E-state index in [1.54, 1.807) is 0 Å². The first-order chi connectivity index (χ1) is 10.1. The largest absolute Gasteiger partial charge is 0.385 e. The molecule has 1 N–H and O–H groups in total. The van der Waals surface area contributed by atoms with E-state index in [1.165, 1.54) is 5.56 Å². The van der Waals surface area contributed by atoms with Gasteiger partial charge in [-0.25, -0.2) is 0 Å². The Labute approximate surface area is 127 Å². The lowest BCUT2D eigenvalue weighted by Gasteiger charge is -2.48. The molecule has 3 atom stereocenters. The minimum Gasteiger partial charge on any atom is -0.385 e. The van der Waals surface area contributed by atoms with Crippen LogP contribution in [0.15, 0.2) is 60.7 Å². The molecule has 3 rings (SSSR count). The highest BCUT2D eigenvalue weighted by Crippen LogP contribution is 2.46. The molecule has 1 saturated heterocycles. The molecule has 0 saturated carbocycles. The van der Waals surface area contributed by atoms with Gasteiger partial charge in [-0.1, -0.05) is 67.6 Å². The van der Waals surface area contributed by atoms with Crippen molar-refractivity contribution in [1.29, 1.82) is 0 Å². The van der Waals surface area contributed by atoms with Gasteiger partial charge >= 0.3 is 0 Å². The number of rotatable bonds is 2. The molecular weight excluding hydrogens is 258 g/mol. The maximum Gasteiger partial charge on any atom is 0.0952 e. The molecule has 2 aromatic carbocycles. The van der Waals surface area contributed by atoms with Crippen LogP contribution in [0.2, 0.25) is 0 Å². The summed E-state index contributed by atoms with van der Waals surface area (Å²) in [5.41, 5.74) is 1.56. The number of aliphatic hydroxyl groups is 1. The van der Waals surface area contributed by atoms with E-state index < -0.39 is 5.60 Å². The quantitative estimate of drug-likeness (QED) is 0.909. The second-order valence-electron chi connectivity index (χ2n) is 6.17. The van der Waals surface area contributed by atoms with Crippen LogP contribution in [0, 0.1) is 5.92 Å². The Morgan fingerprint density at radius 1 is 1.00 bits per heavy atom. The lowest BCUT2D eigenvalue weighted by atomic mass is 9.71. The van der Waals surface area contributed by atoms with Gasteiger partial charge in [0.15, 0.2) is 0 Å². The molecule has 1 fully saturated rings. The number of hydrogen-bond acceptors (Lipinski definition) is 2. The average molecular weight is 281 g/mol. The predicted molar refractivity (Wildman–Crippen MR) is 85.9 cm³/mol. The van der Waals surface area contributed by atoms with Crippen molar-refractivity contribution in [2.24, 2.45) is 5.92 Å². The fourth-order valence-electron chi connectivity index (χ4n) is 3.68. The minimum atomic E-state index is -0.756. The van der Waals surface area contributed by atoms with E-state index >= 15 is 0 Å². The molecule has 0 aliphatic carbocycles. The molecule has 0 aromatic heterocycles. The molecule has 0 radical (unpaired) electrons. The average Bonchev–Trinajstić information content (AvgIpc) is 2.53. The maximum absolute atomic E-state index is 11.3. The molecule has 0 amide bonds. The SMILES string of the molecule is CC1C(c2ccccc2)N(C)CCC1(O)c1ccccc1. The van der Waals surface area contributed by atoms with E-state index in [-0.39, 0.29) is 12.0 Å². The fourth-order valence-corrected chi connectivity index (χ4v) is 3.68. The van der Waals surface area contributed by atoms with E-state index in [0.717, 1.165) is 18.5 Å².